The van der Waals surface area contributed by atoms with Gasteiger partial charge in [0.25, 0.3) is 5.69 Å². The van der Waals surface area contributed by atoms with Crippen molar-refractivity contribution in [2.45, 2.75) is 45.9 Å². The minimum Gasteiger partial charge on any atom is -0.444 e. The number of hydrogen-bond acceptors (Lipinski definition) is 5. The summed E-state index contributed by atoms with van der Waals surface area (Å²) in [6.07, 6.45) is -0.486. The van der Waals surface area contributed by atoms with Gasteiger partial charge in [-0.3, -0.25) is 10.1 Å². The molecule has 0 aliphatic carbocycles. The van der Waals surface area contributed by atoms with Crippen LogP contribution in [0.25, 0.3) is 0 Å². The van der Waals surface area contributed by atoms with Crippen molar-refractivity contribution < 1.29 is 14.5 Å². The van der Waals surface area contributed by atoms with Gasteiger partial charge in [0.1, 0.15) is 5.60 Å². The first-order valence-electron chi connectivity index (χ1n) is 7.21. The third-order valence-electron chi connectivity index (χ3n) is 2.77. The van der Waals surface area contributed by atoms with Gasteiger partial charge in [-0.15, -0.1) is 0 Å². The first-order chi connectivity index (χ1) is 10.6. The standard InChI is InChI=1S/C15H22ClN3O4/c1-10(18-14(20)23-15(2,3)4)8-17-9-11-7-12(19(21)22)5-6-13(11)16/h5-7,10,17H,8-9H2,1-4H3,(H,18,20). The number of nitro groups is 1. The summed E-state index contributed by atoms with van der Waals surface area (Å²) in [7, 11) is 0. The molecule has 1 rings (SSSR count). The predicted octanol–water partition coefficient (Wildman–Crippen LogP) is 3.25. The number of rotatable bonds is 6. The van der Waals surface area contributed by atoms with E-state index in [9.17, 15) is 14.9 Å². The van der Waals surface area contributed by atoms with Gasteiger partial charge >= 0.3 is 6.09 Å². The second-order valence-electron chi connectivity index (χ2n) is 6.21. The van der Waals surface area contributed by atoms with E-state index in [0.29, 0.717) is 23.7 Å². The van der Waals surface area contributed by atoms with Crippen LogP contribution >= 0.6 is 11.6 Å². The zero-order valence-corrected chi connectivity index (χ0v) is 14.4. The fraction of sp³-hybridized carbons (Fsp3) is 0.533. The van der Waals surface area contributed by atoms with E-state index in [1.165, 1.54) is 18.2 Å². The molecule has 1 aromatic carbocycles. The van der Waals surface area contributed by atoms with Gasteiger partial charge in [-0.2, -0.15) is 0 Å². The lowest BCUT2D eigenvalue weighted by atomic mass is 10.2. The molecule has 128 valence electrons. The Morgan fingerprint density at radius 2 is 2.09 bits per heavy atom. The highest BCUT2D eigenvalue weighted by molar-refractivity contribution is 6.31. The molecule has 0 spiro atoms. The lowest BCUT2D eigenvalue weighted by Crippen LogP contribution is -2.42. The Bertz CT molecular complexity index is 572. The van der Waals surface area contributed by atoms with Crippen LogP contribution in [0.1, 0.15) is 33.3 Å². The minimum absolute atomic E-state index is 0.00821. The summed E-state index contributed by atoms with van der Waals surface area (Å²) in [4.78, 5) is 21.9. The van der Waals surface area contributed by atoms with Crippen molar-refractivity contribution in [1.82, 2.24) is 10.6 Å². The van der Waals surface area contributed by atoms with Gasteiger partial charge in [-0.1, -0.05) is 11.6 Å². The van der Waals surface area contributed by atoms with Crippen LogP contribution < -0.4 is 10.6 Å². The Labute approximate surface area is 140 Å². The molecule has 0 saturated heterocycles. The van der Waals surface area contributed by atoms with Crippen molar-refractivity contribution in [2.75, 3.05) is 6.54 Å². The summed E-state index contributed by atoms with van der Waals surface area (Å²) >= 11 is 6.02. The highest BCUT2D eigenvalue weighted by Crippen LogP contribution is 2.21. The smallest absolute Gasteiger partial charge is 0.407 e. The molecule has 8 heteroatoms. The summed E-state index contributed by atoms with van der Waals surface area (Å²) in [5.41, 5.74) is 0.0738. The van der Waals surface area contributed by atoms with Crippen LogP contribution in [0.2, 0.25) is 5.02 Å². The van der Waals surface area contributed by atoms with E-state index < -0.39 is 16.6 Å². The lowest BCUT2D eigenvalue weighted by molar-refractivity contribution is -0.384. The third-order valence-corrected chi connectivity index (χ3v) is 3.14. The molecule has 0 aliphatic heterocycles. The molecule has 1 atom stereocenters. The summed E-state index contributed by atoms with van der Waals surface area (Å²) in [6, 6.07) is 4.13. The number of alkyl carbamates (subject to hydrolysis) is 1. The summed E-state index contributed by atoms with van der Waals surface area (Å²) in [5.74, 6) is 0. The first kappa shape index (κ1) is 19.2. The molecule has 7 nitrogen and oxygen atoms in total. The monoisotopic (exact) mass is 343 g/mol. The van der Waals surface area contributed by atoms with Gasteiger partial charge in [-0.05, 0) is 39.3 Å². The number of carbonyl (C=O) groups excluding carboxylic acids is 1. The van der Waals surface area contributed by atoms with E-state index in [1.807, 2.05) is 6.92 Å². The fourth-order valence-corrected chi connectivity index (χ4v) is 1.98. The Kier molecular flexibility index (Phi) is 6.78. The van der Waals surface area contributed by atoms with E-state index in [0.717, 1.165) is 0 Å². The highest BCUT2D eigenvalue weighted by Gasteiger charge is 2.17. The number of amides is 1. The number of nitrogens with zero attached hydrogens (tertiary/aromatic N) is 1. The van der Waals surface area contributed by atoms with E-state index in [1.54, 1.807) is 20.8 Å². The lowest BCUT2D eigenvalue weighted by Gasteiger charge is -2.22. The maximum absolute atomic E-state index is 11.6. The van der Waals surface area contributed by atoms with Crippen LogP contribution in [0, 0.1) is 10.1 Å². The topological polar surface area (TPSA) is 93.5 Å². The van der Waals surface area contributed by atoms with E-state index in [2.05, 4.69) is 10.6 Å². The van der Waals surface area contributed by atoms with Crippen LogP contribution in [0.4, 0.5) is 10.5 Å². The molecule has 2 N–H and O–H groups in total. The van der Waals surface area contributed by atoms with Gasteiger partial charge in [0.05, 0.1) is 4.92 Å². The molecule has 0 radical (unpaired) electrons. The van der Waals surface area contributed by atoms with Crippen molar-refractivity contribution >= 4 is 23.4 Å². The first-order valence-corrected chi connectivity index (χ1v) is 7.59. The highest BCUT2D eigenvalue weighted by atomic mass is 35.5. The molecule has 0 aliphatic rings. The SMILES string of the molecule is CC(CNCc1cc([N+](=O)[O-])ccc1Cl)NC(=O)OC(C)(C)C. The van der Waals surface area contributed by atoms with E-state index in [-0.39, 0.29) is 11.7 Å². The van der Waals surface area contributed by atoms with Gasteiger partial charge in [-0.25, -0.2) is 4.79 Å². The van der Waals surface area contributed by atoms with Crippen molar-refractivity contribution in [3.8, 4) is 0 Å². The second-order valence-corrected chi connectivity index (χ2v) is 6.62. The quantitative estimate of drug-likeness (QED) is 0.610. The number of non-ortho nitro benzene ring substituents is 1. The van der Waals surface area contributed by atoms with Crippen molar-refractivity contribution in [2.24, 2.45) is 0 Å². The van der Waals surface area contributed by atoms with Crippen LogP contribution in [0.3, 0.4) is 0 Å². The van der Waals surface area contributed by atoms with E-state index >= 15 is 0 Å². The average molecular weight is 344 g/mol. The molecular weight excluding hydrogens is 322 g/mol. The number of benzene rings is 1. The van der Waals surface area contributed by atoms with Crippen LogP contribution in [-0.2, 0) is 11.3 Å². The average Bonchev–Trinajstić information content (AvgIpc) is 2.38. The van der Waals surface area contributed by atoms with E-state index in [4.69, 9.17) is 16.3 Å². The maximum Gasteiger partial charge on any atom is 0.407 e. The Balaban J connectivity index is 2.46. The molecule has 0 heterocycles. The fourth-order valence-electron chi connectivity index (χ4n) is 1.79. The zero-order chi connectivity index (χ0) is 17.6. The van der Waals surface area contributed by atoms with Gasteiger partial charge in [0.15, 0.2) is 0 Å². The molecule has 1 unspecified atom stereocenters. The van der Waals surface area contributed by atoms with Gasteiger partial charge in [0.2, 0.25) is 0 Å². The summed E-state index contributed by atoms with van der Waals surface area (Å²) < 4.78 is 5.16. The molecule has 0 bridgehead atoms. The number of hydrogen-bond donors (Lipinski definition) is 2. The molecule has 0 aromatic heterocycles. The van der Waals surface area contributed by atoms with Crippen molar-refractivity contribution in [1.29, 1.82) is 0 Å². The van der Waals surface area contributed by atoms with Crippen molar-refractivity contribution in [3.63, 3.8) is 0 Å². The second kappa shape index (κ2) is 8.12. The number of halogens is 1. The maximum atomic E-state index is 11.6. The van der Waals surface area contributed by atoms with Crippen LogP contribution in [0.5, 0.6) is 0 Å². The number of nitrogens with one attached hydrogen (secondary N) is 2. The summed E-state index contributed by atoms with van der Waals surface area (Å²) in [5, 5.41) is 17.0. The Hall–Kier alpha value is -1.86. The van der Waals surface area contributed by atoms with Gasteiger partial charge < -0.3 is 15.4 Å². The Morgan fingerprint density at radius 1 is 1.43 bits per heavy atom. The third kappa shape index (κ3) is 7.30. The van der Waals surface area contributed by atoms with Crippen LogP contribution in [0.15, 0.2) is 18.2 Å². The van der Waals surface area contributed by atoms with Crippen LogP contribution in [-0.4, -0.2) is 29.2 Å². The summed E-state index contributed by atoms with van der Waals surface area (Å²) in [6.45, 7) is 8.03. The normalized spacial score (nSPS) is 12.6. The largest absolute Gasteiger partial charge is 0.444 e. The number of carbonyl (C=O) groups is 1. The Morgan fingerprint density at radius 3 is 2.65 bits per heavy atom. The molecule has 1 aromatic rings. The van der Waals surface area contributed by atoms with Gasteiger partial charge in [0, 0.05) is 36.3 Å². The zero-order valence-electron chi connectivity index (χ0n) is 13.7. The number of nitro benzene ring substituents is 1. The molecule has 0 saturated carbocycles. The number of ether oxygens (including phenoxy) is 1. The minimum atomic E-state index is -0.548. The van der Waals surface area contributed by atoms with Crippen molar-refractivity contribution in [3.05, 3.63) is 38.9 Å². The molecular formula is C15H22ClN3O4. The predicted molar refractivity (Wildman–Crippen MR) is 88.6 cm³/mol. The molecule has 23 heavy (non-hydrogen) atoms. The molecule has 1 amide bonds. The molecule has 0 fully saturated rings.